The van der Waals surface area contributed by atoms with Crippen LogP contribution >= 0.6 is 0 Å². The van der Waals surface area contributed by atoms with Gasteiger partial charge in [-0.05, 0) is 51.1 Å². The van der Waals surface area contributed by atoms with E-state index in [4.69, 9.17) is 0 Å². The average Bonchev–Trinajstić information content (AvgIpc) is 2.31. The second kappa shape index (κ2) is 5.50. The van der Waals surface area contributed by atoms with Gasteiger partial charge in [0.25, 0.3) is 0 Å². The monoisotopic (exact) mass is 210 g/mol. The maximum Gasteiger partial charge on any atom is 0.222 e. The van der Waals surface area contributed by atoms with Gasteiger partial charge in [0.15, 0.2) is 0 Å². The predicted octanol–water partition coefficient (Wildman–Crippen LogP) is 1.39. The molecule has 3 heteroatoms. The van der Waals surface area contributed by atoms with Crippen molar-refractivity contribution >= 4 is 5.91 Å². The normalized spacial score (nSPS) is 27.7. The van der Waals surface area contributed by atoms with Crippen LogP contribution in [-0.4, -0.2) is 37.0 Å². The molecule has 0 aromatic heterocycles. The van der Waals surface area contributed by atoms with Gasteiger partial charge < -0.3 is 10.2 Å². The van der Waals surface area contributed by atoms with E-state index in [0.717, 1.165) is 32.6 Å². The zero-order valence-corrected chi connectivity index (χ0v) is 9.50. The number of piperidine rings is 2. The largest absolute Gasteiger partial charge is 0.343 e. The molecule has 1 atom stereocenters. The van der Waals surface area contributed by atoms with Gasteiger partial charge in [0, 0.05) is 19.5 Å². The molecule has 2 fully saturated rings. The average molecular weight is 210 g/mol. The van der Waals surface area contributed by atoms with Gasteiger partial charge in [0.1, 0.15) is 0 Å². The number of rotatable bonds is 2. The van der Waals surface area contributed by atoms with Crippen LogP contribution in [0.5, 0.6) is 0 Å². The predicted molar refractivity (Wildman–Crippen MR) is 60.6 cm³/mol. The molecule has 1 amide bonds. The highest BCUT2D eigenvalue weighted by Crippen LogP contribution is 2.17. The third-order valence-electron chi connectivity index (χ3n) is 3.57. The molecule has 3 nitrogen and oxygen atoms in total. The van der Waals surface area contributed by atoms with E-state index in [1.807, 2.05) is 0 Å². The lowest BCUT2D eigenvalue weighted by atomic mass is 9.95. The summed E-state index contributed by atoms with van der Waals surface area (Å²) in [7, 11) is 0. The number of nitrogens with zero attached hydrogens (tertiary/aromatic N) is 1. The van der Waals surface area contributed by atoms with Gasteiger partial charge in [-0.2, -0.15) is 0 Å². The fourth-order valence-corrected chi connectivity index (χ4v) is 2.62. The van der Waals surface area contributed by atoms with Crippen LogP contribution in [-0.2, 0) is 4.79 Å². The van der Waals surface area contributed by atoms with Gasteiger partial charge in [-0.25, -0.2) is 0 Å². The fraction of sp³-hybridized carbons (Fsp3) is 0.917. The Morgan fingerprint density at radius 2 is 2.00 bits per heavy atom. The van der Waals surface area contributed by atoms with Crippen LogP contribution in [0.4, 0.5) is 0 Å². The second-order valence-corrected chi connectivity index (χ2v) is 4.86. The van der Waals surface area contributed by atoms with Crippen LogP contribution in [0.3, 0.4) is 0 Å². The molecule has 0 aliphatic carbocycles. The van der Waals surface area contributed by atoms with Crippen molar-refractivity contribution in [1.29, 1.82) is 0 Å². The van der Waals surface area contributed by atoms with E-state index in [2.05, 4.69) is 10.2 Å². The second-order valence-electron chi connectivity index (χ2n) is 4.86. The van der Waals surface area contributed by atoms with Crippen molar-refractivity contribution in [1.82, 2.24) is 10.2 Å². The first-order valence-electron chi connectivity index (χ1n) is 6.35. The molecule has 0 aromatic rings. The summed E-state index contributed by atoms with van der Waals surface area (Å²) < 4.78 is 0. The molecule has 2 heterocycles. The molecule has 1 unspecified atom stereocenters. The summed E-state index contributed by atoms with van der Waals surface area (Å²) in [6.07, 6.45) is 6.94. The van der Waals surface area contributed by atoms with Gasteiger partial charge >= 0.3 is 0 Å². The zero-order chi connectivity index (χ0) is 10.5. The standard InChI is InChI=1S/C12H22N2O/c15-12(14-7-2-1-3-8-14)9-11-5-4-6-13-10-11/h11,13H,1-10H2. The maximum atomic E-state index is 12.0. The van der Waals surface area contributed by atoms with E-state index in [0.29, 0.717) is 11.8 Å². The van der Waals surface area contributed by atoms with Crippen molar-refractivity contribution in [3.05, 3.63) is 0 Å². The number of carbonyl (C=O) groups excluding carboxylic acids is 1. The minimum Gasteiger partial charge on any atom is -0.343 e. The SMILES string of the molecule is O=C(CC1CCCNC1)N1CCCCC1. The third kappa shape index (κ3) is 3.20. The first-order valence-corrected chi connectivity index (χ1v) is 6.35. The molecule has 86 valence electrons. The number of nitrogens with one attached hydrogen (secondary N) is 1. The number of amides is 1. The number of hydrogen-bond acceptors (Lipinski definition) is 2. The topological polar surface area (TPSA) is 32.3 Å². The smallest absolute Gasteiger partial charge is 0.222 e. The van der Waals surface area contributed by atoms with E-state index in [1.165, 1.54) is 32.1 Å². The van der Waals surface area contributed by atoms with E-state index >= 15 is 0 Å². The molecule has 1 N–H and O–H groups in total. The minimum absolute atomic E-state index is 0.392. The first-order chi connectivity index (χ1) is 7.36. The van der Waals surface area contributed by atoms with Crippen molar-refractivity contribution in [2.24, 2.45) is 5.92 Å². The molecule has 2 rings (SSSR count). The van der Waals surface area contributed by atoms with Crippen molar-refractivity contribution in [2.75, 3.05) is 26.2 Å². The van der Waals surface area contributed by atoms with Crippen LogP contribution in [0.15, 0.2) is 0 Å². The molecule has 2 aliphatic rings. The Hall–Kier alpha value is -0.570. The Labute approximate surface area is 92.2 Å². The highest BCUT2D eigenvalue weighted by Gasteiger charge is 2.21. The Bertz CT molecular complexity index is 206. The number of carbonyl (C=O) groups is 1. The summed E-state index contributed by atoms with van der Waals surface area (Å²) in [4.78, 5) is 14.0. The summed E-state index contributed by atoms with van der Waals surface area (Å²) in [6.45, 7) is 4.17. The zero-order valence-electron chi connectivity index (χ0n) is 9.50. The van der Waals surface area contributed by atoms with Crippen LogP contribution in [0.1, 0.15) is 38.5 Å². The molecular formula is C12H22N2O. The quantitative estimate of drug-likeness (QED) is 0.747. The Balaban J connectivity index is 1.74. The minimum atomic E-state index is 0.392. The summed E-state index contributed by atoms with van der Waals surface area (Å²) in [6, 6.07) is 0. The highest BCUT2D eigenvalue weighted by molar-refractivity contribution is 5.76. The van der Waals surface area contributed by atoms with Crippen LogP contribution in [0.2, 0.25) is 0 Å². The van der Waals surface area contributed by atoms with Crippen LogP contribution in [0, 0.1) is 5.92 Å². The lowest BCUT2D eigenvalue weighted by Crippen LogP contribution is -2.39. The Kier molecular flexibility index (Phi) is 4.01. The van der Waals surface area contributed by atoms with Crippen LogP contribution < -0.4 is 5.32 Å². The van der Waals surface area contributed by atoms with Gasteiger partial charge in [-0.3, -0.25) is 4.79 Å². The highest BCUT2D eigenvalue weighted by atomic mass is 16.2. The van der Waals surface area contributed by atoms with E-state index in [-0.39, 0.29) is 0 Å². The molecule has 0 spiro atoms. The lowest BCUT2D eigenvalue weighted by molar-refractivity contribution is -0.133. The molecule has 0 bridgehead atoms. The third-order valence-corrected chi connectivity index (χ3v) is 3.57. The summed E-state index contributed by atoms with van der Waals surface area (Å²) in [5, 5.41) is 3.37. The molecule has 2 aliphatic heterocycles. The molecule has 15 heavy (non-hydrogen) atoms. The van der Waals surface area contributed by atoms with Crippen molar-refractivity contribution in [3.63, 3.8) is 0 Å². The van der Waals surface area contributed by atoms with Crippen molar-refractivity contribution < 1.29 is 4.79 Å². The molecule has 0 aromatic carbocycles. The molecule has 0 saturated carbocycles. The molecular weight excluding hydrogens is 188 g/mol. The summed E-state index contributed by atoms with van der Waals surface area (Å²) in [5.74, 6) is 0.983. The van der Waals surface area contributed by atoms with Crippen molar-refractivity contribution in [3.8, 4) is 0 Å². The van der Waals surface area contributed by atoms with Gasteiger partial charge in [-0.15, -0.1) is 0 Å². The number of likely N-dealkylation sites (tertiary alicyclic amines) is 1. The van der Waals surface area contributed by atoms with E-state index < -0.39 is 0 Å². The van der Waals surface area contributed by atoms with Gasteiger partial charge in [0.2, 0.25) is 5.91 Å². The van der Waals surface area contributed by atoms with E-state index in [1.54, 1.807) is 0 Å². The lowest BCUT2D eigenvalue weighted by Gasteiger charge is -2.29. The summed E-state index contributed by atoms with van der Waals surface area (Å²) >= 11 is 0. The van der Waals surface area contributed by atoms with Gasteiger partial charge in [0.05, 0.1) is 0 Å². The summed E-state index contributed by atoms with van der Waals surface area (Å²) in [5.41, 5.74) is 0. The Morgan fingerprint density at radius 3 is 2.67 bits per heavy atom. The fourth-order valence-electron chi connectivity index (χ4n) is 2.62. The first kappa shape index (κ1) is 10.9. The van der Waals surface area contributed by atoms with Gasteiger partial charge in [-0.1, -0.05) is 0 Å². The Morgan fingerprint density at radius 1 is 1.20 bits per heavy atom. The molecule has 2 saturated heterocycles. The van der Waals surface area contributed by atoms with Crippen molar-refractivity contribution in [2.45, 2.75) is 38.5 Å². The number of hydrogen-bond donors (Lipinski definition) is 1. The molecule has 0 radical (unpaired) electrons. The maximum absolute atomic E-state index is 12.0. The van der Waals surface area contributed by atoms with Crippen LogP contribution in [0.25, 0.3) is 0 Å². The van der Waals surface area contributed by atoms with E-state index in [9.17, 15) is 4.79 Å².